The molecule has 0 radical (unpaired) electrons. The molecule has 0 fully saturated rings. The van der Waals surface area contributed by atoms with Crippen molar-refractivity contribution < 1.29 is 4.74 Å². The molecule has 0 aliphatic carbocycles. The molecule has 5 heteroatoms. The van der Waals surface area contributed by atoms with E-state index in [-0.39, 0.29) is 15.8 Å². The third-order valence-corrected chi connectivity index (χ3v) is 6.03. The van der Waals surface area contributed by atoms with Crippen molar-refractivity contribution in [3.63, 3.8) is 0 Å². The number of aryl methyl sites for hydroxylation is 1. The van der Waals surface area contributed by atoms with E-state index in [1.807, 2.05) is 18.2 Å². The van der Waals surface area contributed by atoms with Crippen LogP contribution in [-0.2, 0) is 5.21 Å². The molecule has 1 unspecified atom stereocenters. The van der Waals surface area contributed by atoms with Gasteiger partial charge >= 0.3 is 130 Å². The van der Waals surface area contributed by atoms with Gasteiger partial charge in [-0.15, -0.1) is 0 Å². The third kappa shape index (κ3) is 3.22. The van der Waals surface area contributed by atoms with E-state index in [0.29, 0.717) is 0 Å². The molecule has 0 saturated heterocycles. The standard InChI is InChI=1S/C16H16AsN3O/c1-11-3-8-15-14(9-11)16(19-20-18-15)17-10-12-4-6-13(21-2)7-5-12/h3-9,17H,10H2,1-2H3. The summed E-state index contributed by atoms with van der Waals surface area (Å²) in [6.07, 6.45) is 0. The second kappa shape index (κ2) is 6.23. The van der Waals surface area contributed by atoms with Gasteiger partial charge in [0.05, 0.1) is 0 Å². The van der Waals surface area contributed by atoms with E-state index < -0.39 is 0 Å². The van der Waals surface area contributed by atoms with Crippen LogP contribution in [0.2, 0.25) is 0 Å². The SMILES string of the molecule is COc1ccc(C[AsH]c2nnnc3ccc(C)cc23)cc1. The first kappa shape index (κ1) is 14.0. The summed E-state index contributed by atoms with van der Waals surface area (Å²) in [6, 6.07) is 14.5. The van der Waals surface area contributed by atoms with Gasteiger partial charge in [0, 0.05) is 0 Å². The quantitative estimate of drug-likeness (QED) is 0.677. The van der Waals surface area contributed by atoms with Gasteiger partial charge in [-0.2, -0.15) is 0 Å². The van der Waals surface area contributed by atoms with Crippen LogP contribution >= 0.6 is 0 Å². The van der Waals surface area contributed by atoms with Crippen molar-refractivity contribution in [2.45, 2.75) is 12.1 Å². The Bertz CT molecular complexity index is 759. The molecule has 106 valence electrons. The Labute approximate surface area is 130 Å². The summed E-state index contributed by atoms with van der Waals surface area (Å²) in [4.78, 5) is 0. The molecule has 3 rings (SSSR count). The molecule has 21 heavy (non-hydrogen) atoms. The second-order valence-corrected chi connectivity index (χ2v) is 7.34. The second-order valence-electron chi connectivity index (χ2n) is 4.86. The molecular weight excluding hydrogens is 325 g/mol. The topological polar surface area (TPSA) is 47.9 Å². The van der Waals surface area contributed by atoms with Crippen LogP contribution in [0.25, 0.3) is 10.9 Å². The van der Waals surface area contributed by atoms with E-state index in [4.69, 9.17) is 4.74 Å². The minimum atomic E-state index is -0.384. The number of ether oxygens (including phenoxy) is 1. The summed E-state index contributed by atoms with van der Waals surface area (Å²) in [5.74, 6) is 0.892. The first-order valence-electron chi connectivity index (χ1n) is 6.73. The molecule has 1 aromatic heterocycles. The Morgan fingerprint density at radius 1 is 1.05 bits per heavy atom. The zero-order valence-electron chi connectivity index (χ0n) is 12.0. The molecule has 0 spiro atoms. The molecule has 2 aromatic carbocycles. The van der Waals surface area contributed by atoms with E-state index >= 15 is 0 Å². The van der Waals surface area contributed by atoms with Gasteiger partial charge in [-0.3, -0.25) is 0 Å². The van der Waals surface area contributed by atoms with Crippen LogP contribution in [-0.4, -0.2) is 38.3 Å². The minimum absolute atomic E-state index is 0.384. The van der Waals surface area contributed by atoms with Crippen LogP contribution in [0.5, 0.6) is 5.75 Å². The summed E-state index contributed by atoms with van der Waals surface area (Å²) in [5, 5.41) is 14.5. The fourth-order valence-electron chi connectivity index (χ4n) is 2.16. The number of methoxy groups -OCH3 is 1. The first-order valence-corrected chi connectivity index (χ1v) is 9.26. The summed E-state index contributed by atoms with van der Waals surface area (Å²) in [7, 11) is 1.68. The Morgan fingerprint density at radius 3 is 2.62 bits per heavy atom. The number of rotatable bonds is 4. The molecule has 0 amide bonds. The average Bonchev–Trinajstić information content (AvgIpc) is 2.53. The Balaban J connectivity index is 1.82. The van der Waals surface area contributed by atoms with E-state index in [2.05, 4.69) is 46.6 Å². The normalized spacial score (nSPS) is 11.3. The maximum atomic E-state index is 5.18. The number of nitrogens with zero attached hydrogens (tertiary/aromatic N) is 3. The van der Waals surface area contributed by atoms with Crippen molar-refractivity contribution in [2.75, 3.05) is 7.11 Å². The van der Waals surface area contributed by atoms with Crippen molar-refractivity contribution in [3.05, 3.63) is 53.6 Å². The Hall–Kier alpha value is -1.93. The van der Waals surface area contributed by atoms with Crippen LogP contribution < -0.4 is 9.22 Å². The van der Waals surface area contributed by atoms with Gasteiger partial charge in [0.15, 0.2) is 0 Å². The summed E-state index contributed by atoms with van der Waals surface area (Å²) in [6.45, 7) is 2.09. The van der Waals surface area contributed by atoms with E-state index in [0.717, 1.165) is 26.3 Å². The van der Waals surface area contributed by atoms with Crippen molar-refractivity contribution in [1.82, 2.24) is 15.4 Å². The van der Waals surface area contributed by atoms with Gasteiger partial charge in [0.2, 0.25) is 0 Å². The third-order valence-electron chi connectivity index (χ3n) is 3.32. The van der Waals surface area contributed by atoms with Gasteiger partial charge in [-0.25, -0.2) is 0 Å². The molecule has 0 bridgehead atoms. The zero-order valence-corrected chi connectivity index (χ0v) is 14.1. The number of hydrogen-bond donors (Lipinski definition) is 0. The van der Waals surface area contributed by atoms with E-state index in [1.165, 1.54) is 11.1 Å². The summed E-state index contributed by atoms with van der Waals surface area (Å²) < 4.78 is 6.31. The molecule has 0 aliphatic heterocycles. The predicted octanol–water partition coefficient (Wildman–Crippen LogP) is 1.60. The van der Waals surface area contributed by atoms with Crippen LogP contribution in [0.3, 0.4) is 0 Å². The first-order chi connectivity index (χ1) is 10.3. The summed E-state index contributed by atoms with van der Waals surface area (Å²) in [5.41, 5.74) is 3.48. The molecule has 3 aromatic rings. The molecule has 1 atom stereocenters. The monoisotopic (exact) mass is 341 g/mol. The van der Waals surface area contributed by atoms with Gasteiger partial charge < -0.3 is 0 Å². The molecular formula is C16H16AsN3O. The van der Waals surface area contributed by atoms with Gasteiger partial charge in [0.1, 0.15) is 0 Å². The molecule has 1 heterocycles. The number of aromatic nitrogens is 3. The predicted molar refractivity (Wildman–Crippen MR) is 85.6 cm³/mol. The fourth-order valence-corrected chi connectivity index (χ4v) is 4.49. The van der Waals surface area contributed by atoms with Crippen molar-refractivity contribution in [3.8, 4) is 5.75 Å². The van der Waals surface area contributed by atoms with E-state index in [1.54, 1.807) is 7.11 Å². The van der Waals surface area contributed by atoms with E-state index in [9.17, 15) is 0 Å². The van der Waals surface area contributed by atoms with Crippen molar-refractivity contribution in [1.29, 1.82) is 0 Å². The van der Waals surface area contributed by atoms with Crippen LogP contribution in [0.15, 0.2) is 42.5 Å². The Kier molecular flexibility index (Phi) is 4.16. The molecule has 0 saturated carbocycles. The van der Waals surface area contributed by atoms with Crippen LogP contribution in [0.1, 0.15) is 11.1 Å². The molecule has 0 aliphatic rings. The van der Waals surface area contributed by atoms with Gasteiger partial charge in [-0.1, -0.05) is 0 Å². The number of hydrogen-bond acceptors (Lipinski definition) is 4. The van der Waals surface area contributed by atoms with Gasteiger partial charge in [-0.05, 0) is 0 Å². The van der Waals surface area contributed by atoms with Crippen LogP contribution in [0, 0.1) is 6.92 Å². The molecule has 4 nitrogen and oxygen atoms in total. The van der Waals surface area contributed by atoms with Gasteiger partial charge in [0.25, 0.3) is 0 Å². The average molecular weight is 341 g/mol. The van der Waals surface area contributed by atoms with Crippen molar-refractivity contribution >= 4 is 31.1 Å². The zero-order chi connectivity index (χ0) is 14.7. The van der Waals surface area contributed by atoms with Crippen LogP contribution in [0.4, 0.5) is 0 Å². The maximum absolute atomic E-state index is 5.18. The fraction of sp³-hybridized carbons (Fsp3) is 0.188. The molecule has 0 N–H and O–H groups in total. The summed E-state index contributed by atoms with van der Waals surface area (Å²) >= 11 is -0.384. The number of benzene rings is 2. The number of fused-ring (bicyclic) bond motifs is 1. The van der Waals surface area contributed by atoms with Crippen molar-refractivity contribution in [2.24, 2.45) is 0 Å². The Morgan fingerprint density at radius 2 is 1.86 bits per heavy atom.